The maximum absolute atomic E-state index is 9.28. The summed E-state index contributed by atoms with van der Waals surface area (Å²) in [5.74, 6) is 0. The van der Waals surface area contributed by atoms with E-state index in [2.05, 4.69) is 53.2 Å². The van der Waals surface area contributed by atoms with E-state index in [-0.39, 0.29) is 0 Å². The van der Waals surface area contributed by atoms with E-state index in [1.165, 1.54) is 0 Å². The van der Waals surface area contributed by atoms with Gasteiger partial charge in [-0.3, -0.25) is 0 Å². The average molecular weight is 371 g/mol. The van der Waals surface area contributed by atoms with Crippen molar-refractivity contribution in [1.82, 2.24) is 9.38 Å². The Balaban J connectivity index is 1.77. The minimum absolute atomic E-state index is 0.652. The van der Waals surface area contributed by atoms with Gasteiger partial charge in [0.2, 0.25) is 0 Å². The standard InChI is InChI=1S/C26H17N3/c27-16-19-8-7-13-22(14-19)23-15-24(20-9-3-1-4-10-20)26-28-25(18-29(26)17-23)21-11-5-2-6-12-21/h1-15,17-18H. The summed E-state index contributed by atoms with van der Waals surface area (Å²) in [5.41, 5.74) is 7.82. The van der Waals surface area contributed by atoms with E-state index in [1.807, 2.05) is 60.7 Å². The highest BCUT2D eigenvalue weighted by Gasteiger charge is 2.13. The molecule has 0 atom stereocenters. The summed E-state index contributed by atoms with van der Waals surface area (Å²) in [5, 5.41) is 9.28. The fourth-order valence-corrected chi connectivity index (χ4v) is 3.60. The maximum atomic E-state index is 9.28. The Bertz CT molecular complexity index is 1340. The molecule has 0 radical (unpaired) electrons. The van der Waals surface area contributed by atoms with Crippen LogP contribution in [0, 0.1) is 11.3 Å². The minimum atomic E-state index is 0.652. The second-order valence-electron chi connectivity index (χ2n) is 6.92. The van der Waals surface area contributed by atoms with Crippen molar-refractivity contribution in [3.63, 3.8) is 0 Å². The van der Waals surface area contributed by atoms with Gasteiger partial charge in [0, 0.05) is 23.5 Å². The summed E-state index contributed by atoms with van der Waals surface area (Å²) in [6.45, 7) is 0. The van der Waals surface area contributed by atoms with Crippen molar-refractivity contribution in [1.29, 1.82) is 5.26 Å². The van der Waals surface area contributed by atoms with Gasteiger partial charge >= 0.3 is 0 Å². The van der Waals surface area contributed by atoms with Crippen LogP contribution in [-0.4, -0.2) is 9.38 Å². The van der Waals surface area contributed by atoms with Gasteiger partial charge in [0.25, 0.3) is 0 Å². The molecule has 2 heterocycles. The zero-order valence-electron chi connectivity index (χ0n) is 15.7. The van der Waals surface area contributed by atoms with Crippen molar-refractivity contribution in [2.45, 2.75) is 0 Å². The summed E-state index contributed by atoms with van der Waals surface area (Å²) in [4.78, 5) is 4.94. The van der Waals surface area contributed by atoms with Crippen molar-refractivity contribution in [2.75, 3.05) is 0 Å². The Kier molecular flexibility index (Phi) is 4.16. The molecule has 0 aliphatic rings. The van der Waals surface area contributed by atoms with Crippen LogP contribution in [0.2, 0.25) is 0 Å². The molecule has 0 amide bonds. The fraction of sp³-hybridized carbons (Fsp3) is 0. The Morgan fingerprint density at radius 1 is 0.655 bits per heavy atom. The molecular weight excluding hydrogens is 354 g/mol. The number of nitriles is 1. The van der Waals surface area contributed by atoms with Crippen LogP contribution in [0.5, 0.6) is 0 Å². The van der Waals surface area contributed by atoms with E-state index in [1.54, 1.807) is 0 Å². The number of rotatable bonds is 3. The molecule has 0 saturated heterocycles. The van der Waals surface area contributed by atoms with Crippen LogP contribution in [0.3, 0.4) is 0 Å². The van der Waals surface area contributed by atoms with Gasteiger partial charge in [0.05, 0.1) is 17.3 Å². The first kappa shape index (κ1) is 17.0. The van der Waals surface area contributed by atoms with Gasteiger partial charge in [-0.15, -0.1) is 0 Å². The highest BCUT2D eigenvalue weighted by atomic mass is 15.0. The Morgan fingerprint density at radius 3 is 2.07 bits per heavy atom. The summed E-state index contributed by atoms with van der Waals surface area (Å²) in [6, 6.07) is 32.6. The van der Waals surface area contributed by atoms with Crippen molar-refractivity contribution in [3.8, 4) is 39.6 Å². The molecule has 3 heteroatoms. The maximum Gasteiger partial charge on any atom is 0.145 e. The number of hydrogen-bond donors (Lipinski definition) is 0. The van der Waals surface area contributed by atoms with Crippen molar-refractivity contribution in [2.24, 2.45) is 0 Å². The van der Waals surface area contributed by atoms with Crippen LogP contribution < -0.4 is 0 Å². The third-order valence-corrected chi connectivity index (χ3v) is 5.03. The molecule has 0 aliphatic heterocycles. The SMILES string of the molecule is N#Cc1cccc(-c2cc(-c3ccccc3)c3nc(-c4ccccc4)cn3c2)c1. The van der Waals surface area contributed by atoms with Gasteiger partial charge in [0.1, 0.15) is 5.65 Å². The quantitative estimate of drug-likeness (QED) is 0.378. The van der Waals surface area contributed by atoms with Gasteiger partial charge in [-0.1, -0.05) is 72.8 Å². The number of imidazole rings is 1. The molecule has 5 aromatic rings. The van der Waals surface area contributed by atoms with E-state index < -0.39 is 0 Å². The Labute approximate surface area is 169 Å². The van der Waals surface area contributed by atoms with Crippen LogP contribution in [-0.2, 0) is 0 Å². The van der Waals surface area contributed by atoms with E-state index in [0.717, 1.165) is 39.2 Å². The van der Waals surface area contributed by atoms with E-state index in [9.17, 15) is 5.26 Å². The number of aromatic nitrogens is 2. The van der Waals surface area contributed by atoms with Crippen molar-refractivity contribution < 1.29 is 0 Å². The van der Waals surface area contributed by atoms with Gasteiger partial charge in [-0.25, -0.2) is 4.98 Å². The smallest absolute Gasteiger partial charge is 0.145 e. The molecule has 3 aromatic carbocycles. The molecule has 5 rings (SSSR count). The molecule has 2 aromatic heterocycles. The highest BCUT2D eigenvalue weighted by molar-refractivity contribution is 5.84. The first-order chi connectivity index (χ1) is 14.3. The first-order valence-electron chi connectivity index (χ1n) is 9.46. The number of benzene rings is 3. The van der Waals surface area contributed by atoms with E-state index >= 15 is 0 Å². The lowest BCUT2D eigenvalue weighted by molar-refractivity contribution is 1.19. The number of hydrogen-bond acceptors (Lipinski definition) is 2. The third kappa shape index (κ3) is 3.18. The molecular formula is C26H17N3. The molecule has 0 fully saturated rings. The van der Waals surface area contributed by atoms with Gasteiger partial charge < -0.3 is 4.40 Å². The summed E-state index contributed by atoms with van der Waals surface area (Å²) < 4.78 is 2.08. The monoisotopic (exact) mass is 371 g/mol. The van der Waals surface area contributed by atoms with E-state index in [4.69, 9.17) is 4.98 Å². The lowest BCUT2D eigenvalue weighted by atomic mass is 10.0. The molecule has 0 N–H and O–H groups in total. The number of pyridine rings is 1. The number of fused-ring (bicyclic) bond motifs is 1. The highest BCUT2D eigenvalue weighted by Crippen LogP contribution is 2.32. The summed E-state index contributed by atoms with van der Waals surface area (Å²) in [6.07, 6.45) is 4.15. The predicted molar refractivity (Wildman–Crippen MR) is 116 cm³/mol. The van der Waals surface area contributed by atoms with Gasteiger partial charge in [0.15, 0.2) is 0 Å². The normalized spacial score (nSPS) is 10.7. The van der Waals surface area contributed by atoms with Crippen molar-refractivity contribution in [3.05, 3.63) is 109 Å². The average Bonchev–Trinajstić information content (AvgIpc) is 3.24. The van der Waals surface area contributed by atoms with Crippen LogP contribution in [0.15, 0.2) is 103 Å². The third-order valence-electron chi connectivity index (χ3n) is 5.03. The molecule has 0 spiro atoms. The second kappa shape index (κ2) is 7.10. The lowest BCUT2D eigenvalue weighted by Gasteiger charge is -2.09. The summed E-state index contributed by atoms with van der Waals surface area (Å²) >= 11 is 0. The van der Waals surface area contributed by atoms with Gasteiger partial charge in [-0.2, -0.15) is 5.26 Å². The molecule has 0 saturated carbocycles. The van der Waals surface area contributed by atoms with Crippen LogP contribution >= 0.6 is 0 Å². The molecule has 0 unspecified atom stereocenters. The van der Waals surface area contributed by atoms with Crippen LogP contribution in [0.25, 0.3) is 39.2 Å². The molecule has 29 heavy (non-hydrogen) atoms. The molecule has 3 nitrogen and oxygen atoms in total. The zero-order valence-corrected chi connectivity index (χ0v) is 15.7. The second-order valence-corrected chi connectivity index (χ2v) is 6.92. The minimum Gasteiger partial charge on any atom is -0.305 e. The van der Waals surface area contributed by atoms with Crippen molar-refractivity contribution >= 4 is 5.65 Å². The Hall–Kier alpha value is -4.16. The number of nitrogens with zero attached hydrogens (tertiary/aromatic N) is 3. The first-order valence-corrected chi connectivity index (χ1v) is 9.46. The summed E-state index contributed by atoms with van der Waals surface area (Å²) in [7, 11) is 0. The predicted octanol–water partition coefficient (Wildman–Crippen LogP) is 6.21. The molecule has 136 valence electrons. The van der Waals surface area contributed by atoms with Gasteiger partial charge in [-0.05, 0) is 34.9 Å². The van der Waals surface area contributed by atoms with Crippen LogP contribution in [0.4, 0.5) is 0 Å². The molecule has 0 aliphatic carbocycles. The molecule has 0 bridgehead atoms. The largest absolute Gasteiger partial charge is 0.305 e. The Morgan fingerprint density at radius 2 is 1.34 bits per heavy atom. The van der Waals surface area contributed by atoms with Crippen LogP contribution in [0.1, 0.15) is 5.56 Å². The lowest BCUT2D eigenvalue weighted by Crippen LogP contribution is -1.91. The zero-order chi connectivity index (χ0) is 19.6. The fourth-order valence-electron chi connectivity index (χ4n) is 3.60. The topological polar surface area (TPSA) is 41.1 Å². The van der Waals surface area contributed by atoms with E-state index in [0.29, 0.717) is 5.56 Å².